The predicted octanol–water partition coefficient (Wildman–Crippen LogP) is 0.300. The molecule has 5 nitrogen and oxygen atoms in total. The van der Waals surface area contributed by atoms with Crippen molar-refractivity contribution in [3.05, 3.63) is 18.0 Å². The molecule has 1 aromatic rings. The number of hydrogen-bond acceptors (Lipinski definition) is 2. The molecule has 2 N–H and O–H groups in total. The van der Waals surface area contributed by atoms with Gasteiger partial charge in [-0.05, 0) is 6.07 Å². The second-order valence-electron chi connectivity index (χ2n) is 3.45. The second-order valence-corrected chi connectivity index (χ2v) is 3.45. The van der Waals surface area contributed by atoms with Gasteiger partial charge in [-0.15, -0.1) is 0 Å². The molecule has 0 bridgehead atoms. The maximum Gasteiger partial charge on any atom is 0.267 e. The number of aryl methyl sites for hydroxylation is 1. The first kappa shape index (κ1) is 12.4. The van der Waals surface area contributed by atoms with Gasteiger partial charge < -0.3 is 15.2 Å². The SMILES string of the molecule is [B]CCNC(=O)c1cc(NC(C)=O)cn1C. The molecule has 0 atom stereocenters. The normalized spacial score (nSPS) is 9.88. The van der Waals surface area contributed by atoms with E-state index in [1.807, 2.05) is 0 Å². The van der Waals surface area contributed by atoms with Crippen LogP contribution < -0.4 is 10.6 Å². The van der Waals surface area contributed by atoms with Crippen LogP contribution >= 0.6 is 0 Å². The molecule has 2 radical (unpaired) electrons. The first-order valence-corrected chi connectivity index (χ1v) is 4.97. The number of nitrogens with zero attached hydrogens (tertiary/aromatic N) is 1. The quantitative estimate of drug-likeness (QED) is 0.715. The fourth-order valence-electron chi connectivity index (χ4n) is 1.34. The van der Waals surface area contributed by atoms with E-state index in [0.29, 0.717) is 24.2 Å². The molecule has 1 rings (SSSR count). The lowest BCUT2D eigenvalue weighted by Crippen LogP contribution is -2.25. The third-order valence-electron chi connectivity index (χ3n) is 1.99. The molecule has 2 amide bonds. The van der Waals surface area contributed by atoms with Crippen molar-refractivity contribution in [3.63, 3.8) is 0 Å². The summed E-state index contributed by atoms with van der Waals surface area (Å²) < 4.78 is 1.65. The Kier molecular flexibility index (Phi) is 4.16. The number of carbonyl (C=O) groups is 2. The average Bonchev–Trinajstić information content (AvgIpc) is 2.54. The maximum absolute atomic E-state index is 11.6. The average molecular weight is 219 g/mol. The minimum Gasteiger partial charge on any atom is -0.352 e. The number of aromatic nitrogens is 1. The van der Waals surface area contributed by atoms with Gasteiger partial charge in [0.15, 0.2) is 0 Å². The molecule has 6 heteroatoms. The van der Waals surface area contributed by atoms with E-state index in [2.05, 4.69) is 10.6 Å². The first-order valence-electron chi connectivity index (χ1n) is 4.97. The molecular weight excluding hydrogens is 205 g/mol. The molecule has 0 saturated carbocycles. The highest BCUT2D eigenvalue weighted by Crippen LogP contribution is 2.12. The molecule has 0 aliphatic rings. The number of hydrogen-bond donors (Lipinski definition) is 2. The van der Waals surface area contributed by atoms with Crippen LogP contribution in [-0.4, -0.2) is 30.8 Å². The van der Waals surface area contributed by atoms with Gasteiger partial charge >= 0.3 is 0 Å². The van der Waals surface area contributed by atoms with Gasteiger partial charge in [-0.25, -0.2) is 0 Å². The van der Waals surface area contributed by atoms with Gasteiger partial charge in [-0.1, -0.05) is 6.32 Å². The molecule has 84 valence electrons. The summed E-state index contributed by atoms with van der Waals surface area (Å²) in [5, 5.41) is 5.27. The number of rotatable bonds is 4. The van der Waals surface area contributed by atoms with E-state index in [0.717, 1.165) is 0 Å². The molecule has 0 aliphatic heterocycles. The van der Waals surface area contributed by atoms with E-state index in [9.17, 15) is 9.59 Å². The first-order chi connectivity index (χ1) is 7.54. The van der Waals surface area contributed by atoms with Crippen molar-refractivity contribution >= 4 is 25.3 Å². The molecule has 0 spiro atoms. The highest BCUT2D eigenvalue weighted by Gasteiger charge is 2.11. The van der Waals surface area contributed by atoms with Crippen LogP contribution in [0.2, 0.25) is 6.32 Å². The third kappa shape index (κ3) is 3.15. The van der Waals surface area contributed by atoms with Gasteiger partial charge in [0.1, 0.15) is 5.69 Å². The fourth-order valence-corrected chi connectivity index (χ4v) is 1.34. The Hall–Kier alpha value is -1.72. The van der Waals surface area contributed by atoms with Crippen LogP contribution in [0.5, 0.6) is 0 Å². The van der Waals surface area contributed by atoms with E-state index < -0.39 is 0 Å². The molecule has 1 aromatic heterocycles. The molecule has 0 unspecified atom stereocenters. The molecule has 0 fully saturated rings. The number of amides is 2. The number of nitrogens with one attached hydrogen (secondary N) is 2. The van der Waals surface area contributed by atoms with Gasteiger partial charge in [0.25, 0.3) is 5.91 Å². The summed E-state index contributed by atoms with van der Waals surface area (Å²) in [6.45, 7) is 1.85. The zero-order valence-corrected chi connectivity index (χ0v) is 9.41. The summed E-state index contributed by atoms with van der Waals surface area (Å²) in [7, 11) is 7.02. The van der Waals surface area contributed by atoms with Gasteiger partial charge in [0.2, 0.25) is 5.91 Å². The Morgan fingerprint density at radius 3 is 2.75 bits per heavy atom. The smallest absolute Gasteiger partial charge is 0.267 e. The molecule has 0 aliphatic carbocycles. The standard InChI is InChI=1S/C10H14BN3O2/c1-7(15)13-8-5-9(14(2)6-8)10(16)12-4-3-11/h5-6H,3-4H2,1-2H3,(H,12,16)(H,13,15). The van der Waals surface area contributed by atoms with Crippen molar-refractivity contribution in [2.45, 2.75) is 13.2 Å². The Morgan fingerprint density at radius 2 is 2.19 bits per heavy atom. The monoisotopic (exact) mass is 219 g/mol. The van der Waals surface area contributed by atoms with E-state index >= 15 is 0 Å². The molecular formula is C10H14BN3O2. The molecule has 0 aromatic carbocycles. The summed E-state index contributed by atoms with van der Waals surface area (Å²) in [4.78, 5) is 22.5. The Morgan fingerprint density at radius 1 is 1.50 bits per heavy atom. The van der Waals surface area contributed by atoms with Crippen LogP contribution in [0.3, 0.4) is 0 Å². The Balaban J connectivity index is 2.76. The summed E-state index contributed by atoms with van der Waals surface area (Å²) in [5.74, 6) is -0.371. The van der Waals surface area contributed by atoms with Crippen molar-refractivity contribution in [1.82, 2.24) is 9.88 Å². The largest absolute Gasteiger partial charge is 0.352 e. The Bertz CT molecular complexity index is 401. The van der Waals surface area contributed by atoms with Gasteiger partial charge in [0, 0.05) is 26.7 Å². The maximum atomic E-state index is 11.6. The van der Waals surface area contributed by atoms with Crippen LogP contribution in [0, 0.1) is 0 Å². The van der Waals surface area contributed by atoms with Crippen molar-refractivity contribution in [2.75, 3.05) is 11.9 Å². The van der Waals surface area contributed by atoms with Crippen molar-refractivity contribution in [1.29, 1.82) is 0 Å². The molecule has 1 heterocycles. The lowest BCUT2D eigenvalue weighted by atomic mass is 10.1. The zero-order valence-electron chi connectivity index (χ0n) is 9.41. The Labute approximate surface area is 95.6 Å². The molecule has 0 saturated heterocycles. The summed E-state index contributed by atoms with van der Waals surface area (Å²) in [5.41, 5.74) is 1.09. The number of anilines is 1. The highest BCUT2D eigenvalue weighted by atomic mass is 16.2. The van der Waals surface area contributed by atoms with E-state index in [1.54, 1.807) is 23.9 Å². The van der Waals surface area contributed by atoms with Crippen LogP contribution in [0.4, 0.5) is 5.69 Å². The van der Waals surface area contributed by atoms with E-state index in [1.165, 1.54) is 6.92 Å². The molecule has 16 heavy (non-hydrogen) atoms. The summed E-state index contributed by atoms with van der Waals surface area (Å²) in [6, 6.07) is 1.62. The summed E-state index contributed by atoms with van der Waals surface area (Å²) in [6.07, 6.45) is 2.08. The van der Waals surface area contributed by atoms with Gasteiger partial charge in [-0.3, -0.25) is 9.59 Å². The van der Waals surface area contributed by atoms with Crippen LogP contribution in [-0.2, 0) is 11.8 Å². The van der Waals surface area contributed by atoms with Crippen LogP contribution in [0.15, 0.2) is 12.3 Å². The van der Waals surface area contributed by atoms with E-state index in [-0.39, 0.29) is 11.8 Å². The van der Waals surface area contributed by atoms with E-state index in [4.69, 9.17) is 7.85 Å². The van der Waals surface area contributed by atoms with Crippen molar-refractivity contribution < 1.29 is 9.59 Å². The van der Waals surface area contributed by atoms with Gasteiger partial charge in [0.05, 0.1) is 13.5 Å². The van der Waals surface area contributed by atoms with Crippen LogP contribution in [0.25, 0.3) is 0 Å². The lowest BCUT2D eigenvalue weighted by molar-refractivity contribution is -0.114. The van der Waals surface area contributed by atoms with Crippen molar-refractivity contribution in [3.8, 4) is 0 Å². The highest BCUT2D eigenvalue weighted by molar-refractivity contribution is 6.08. The van der Waals surface area contributed by atoms with Crippen LogP contribution in [0.1, 0.15) is 17.4 Å². The summed E-state index contributed by atoms with van der Waals surface area (Å²) >= 11 is 0. The second kappa shape index (κ2) is 5.39. The van der Waals surface area contributed by atoms with Crippen molar-refractivity contribution in [2.24, 2.45) is 7.05 Å². The number of carbonyl (C=O) groups excluding carboxylic acids is 2. The topological polar surface area (TPSA) is 63.1 Å². The minimum atomic E-state index is -0.204. The minimum absolute atomic E-state index is 0.167. The third-order valence-corrected chi connectivity index (χ3v) is 1.99. The predicted molar refractivity (Wildman–Crippen MR) is 62.6 cm³/mol. The van der Waals surface area contributed by atoms with Gasteiger partial charge in [-0.2, -0.15) is 0 Å². The fraction of sp³-hybridized carbons (Fsp3) is 0.400. The lowest BCUT2D eigenvalue weighted by Gasteiger charge is -2.03. The zero-order chi connectivity index (χ0) is 12.1.